The maximum Gasteiger partial charge on any atom is 0.306 e. The van der Waals surface area contributed by atoms with E-state index in [4.69, 9.17) is 9.47 Å². The monoisotopic (exact) mass is 647 g/mol. The Morgan fingerprint density at radius 1 is 0.500 bits per heavy atom. The van der Waals surface area contributed by atoms with Gasteiger partial charge in [0, 0.05) is 12.8 Å². The number of esters is 2. The molecule has 0 saturated heterocycles. The van der Waals surface area contributed by atoms with Crippen molar-refractivity contribution in [3.63, 3.8) is 0 Å². The van der Waals surface area contributed by atoms with E-state index in [1.165, 1.54) is 116 Å². The fourth-order valence-corrected chi connectivity index (χ4v) is 5.44. The molecule has 5 heteroatoms. The van der Waals surface area contributed by atoms with Gasteiger partial charge in [0.05, 0.1) is 6.61 Å². The minimum Gasteiger partial charge on any atom is -0.462 e. The Hall–Kier alpha value is -1.88. The molecule has 0 aromatic heterocycles. The van der Waals surface area contributed by atoms with E-state index in [0.29, 0.717) is 12.8 Å². The molecule has 0 rings (SSSR count). The van der Waals surface area contributed by atoms with Crippen molar-refractivity contribution < 1.29 is 24.2 Å². The second-order valence-corrected chi connectivity index (χ2v) is 13.0. The molecule has 0 aliphatic heterocycles. The van der Waals surface area contributed by atoms with Crippen molar-refractivity contribution in [2.24, 2.45) is 0 Å². The van der Waals surface area contributed by atoms with Crippen LogP contribution in [0, 0.1) is 0 Å². The zero-order valence-corrected chi connectivity index (χ0v) is 30.3. The summed E-state index contributed by atoms with van der Waals surface area (Å²) in [6, 6.07) is 0. The lowest BCUT2D eigenvalue weighted by molar-refractivity contribution is -0.161. The fourth-order valence-electron chi connectivity index (χ4n) is 5.44. The van der Waals surface area contributed by atoms with Gasteiger partial charge in [-0.25, -0.2) is 0 Å². The Labute approximate surface area is 285 Å². The number of hydrogen-bond acceptors (Lipinski definition) is 5. The normalized spacial score (nSPS) is 12.5. The Balaban J connectivity index is 3.59. The number of unbranched alkanes of at least 4 members (excludes halogenated alkanes) is 21. The largest absolute Gasteiger partial charge is 0.462 e. The van der Waals surface area contributed by atoms with Crippen molar-refractivity contribution in [1.82, 2.24) is 0 Å². The van der Waals surface area contributed by atoms with Gasteiger partial charge in [-0.2, -0.15) is 0 Å². The zero-order valence-electron chi connectivity index (χ0n) is 30.3. The molecular weight excluding hydrogens is 572 g/mol. The average Bonchev–Trinajstić information content (AvgIpc) is 3.06. The third-order valence-electron chi connectivity index (χ3n) is 8.44. The lowest BCUT2D eigenvalue weighted by Crippen LogP contribution is -2.28. The van der Waals surface area contributed by atoms with Crippen molar-refractivity contribution in [3.05, 3.63) is 36.5 Å². The van der Waals surface area contributed by atoms with Gasteiger partial charge in [0.1, 0.15) is 6.61 Å². The quantitative estimate of drug-likeness (QED) is 0.0421. The van der Waals surface area contributed by atoms with Gasteiger partial charge in [-0.1, -0.05) is 166 Å². The number of allylic oxidation sites excluding steroid dienone is 6. The number of ether oxygens (including phenoxy) is 2. The topological polar surface area (TPSA) is 72.8 Å². The van der Waals surface area contributed by atoms with Gasteiger partial charge in [0.25, 0.3) is 0 Å². The van der Waals surface area contributed by atoms with E-state index in [1.807, 2.05) is 0 Å². The first-order valence-corrected chi connectivity index (χ1v) is 19.5. The Kier molecular flexibility index (Phi) is 36.0. The lowest BCUT2D eigenvalue weighted by Gasteiger charge is -2.15. The molecule has 0 aliphatic carbocycles. The summed E-state index contributed by atoms with van der Waals surface area (Å²) < 4.78 is 10.6. The highest BCUT2D eigenvalue weighted by Crippen LogP contribution is 2.15. The predicted molar refractivity (Wildman–Crippen MR) is 196 cm³/mol. The standard InChI is InChI=1S/C41H74O5/c1-3-5-7-9-11-13-15-17-19-20-22-24-26-28-30-32-34-36-41(44)46-39(37-42)38-45-40(43)35-33-31-29-27-25-23-21-18-16-14-12-10-8-6-4-2/h12,14,18,21,25,27,39,42H,3-11,13,15-17,19-20,22-24,26,28-38H2,1-2H3. The van der Waals surface area contributed by atoms with Crippen LogP contribution in [-0.2, 0) is 19.1 Å². The minimum absolute atomic E-state index is 0.0830. The van der Waals surface area contributed by atoms with Crippen molar-refractivity contribution >= 4 is 11.9 Å². The third kappa shape index (κ3) is 35.0. The van der Waals surface area contributed by atoms with E-state index in [0.717, 1.165) is 51.4 Å². The van der Waals surface area contributed by atoms with Gasteiger partial charge in [-0.15, -0.1) is 0 Å². The average molecular weight is 647 g/mol. The van der Waals surface area contributed by atoms with Gasteiger partial charge in [-0.05, 0) is 51.4 Å². The van der Waals surface area contributed by atoms with Crippen molar-refractivity contribution in [1.29, 1.82) is 0 Å². The van der Waals surface area contributed by atoms with Crippen LogP contribution in [0.25, 0.3) is 0 Å². The molecule has 0 heterocycles. The molecule has 46 heavy (non-hydrogen) atoms. The first-order chi connectivity index (χ1) is 22.6. The number of aliphatic hydroxyl groups excluding tert-OH is 1. The molecular formula is C41H74O5. The summed E-state index contributed by atoms with van der Waals surface area (Å²) in [5.74, 6) is -0.631. The number of carbonyl (C=O) groups is 2. The minimum atomic E-state index is -0.783. The summed E-state index contributed by atoms with van der Waals surface area (Å²) in [5, 5.41) is 9.54. The van der Waals surface area contributed by atoms with Crippen molar-refractivity contribution in [2.75, 3.05) is 13.2 Å². The highest BCUT2D eigenvalue weighted by Gasteiger charge is 2.16. The maximum absolute atomic E-state index is 12.2. The van der Waals surface area contributed by atoms with Gasteiger partial charge in [-0.3, -0.25) is 9.59 Å². The van der Waals surface area contributed by atoms with Gasteiger partial charge < -0.3 is 14.6 Å². The molecule has 0 bridgehead atoms. The van der Waals surface area contributed by atoms with Gasteiger partial charge >= 0.3 is 11.9 Å². The van der Waals surface area contributed by atoms with Crippen molar-refractivity contribution in [2.45, 2.75) is 200 Å². The SMILES string of the molecule is CCCCCC=CCC=CCC=CCCCCC(=O)OCC(CO)OC(=O)CCCCCCCCCCCCCCCCCCC. The first kappa shape index (κ1) is 44.1. The van der Waals surface area contributed by atoms with Crippen LogP contribution in [0.5, 0.6) is 0 Å². The van der Waals surface area contributed by atoms with Gasteiger partial charge in [0.2, 0.25) is 0 Å². The van der Waals surface area contributed by atoms with E-state index < -0.39 is 6.10 Å². The summed E-state index contributed by atoms with van der Waals surface area (Å²) in [6.45, 7) is 4.08. The lowest BCUT2D eigenvalue weighted by atomic mass is 10.0. The Bertz CT molecular complexity index is 741. The molecule has 0 aliphatic rings. The van der Waals surface area contributed by atoms with Crippen LogP contribution in [0.1, 0.15) is 194 Å². The number of rotatable bonds is 35. The van der Waals surface area contributed by atoms with Crippen LogP contribution in [0.3, 0.4) is 0 Å². The fraction of sp³-hybridized carbons (Fsp3) is 0.805. The number of carbonyl (C=O) groups excluding carboxylic acids is 2. The summed E-state index contributed by atoms with van der Waals surface area (Å²) >= 11 is 0. The van der Waals surface area contributed by atoms with Gasteiger partial charge in [0.15, 0.2) is 6.10 Å². The molecule has 0 aromatic carbocycles. The van der Waals surface area contributed by atoms with Crippen LogP contribution in [0.15, 0.2) is 36.5 Å². The number of hydrogen-bond donors (Lipinski definition) is 1. The van der Waals surface area contributed by atoms with Crippen LogP contribution in [0.2, 0.25) is 0 Å². The highest BCUT2D eigenvalue weighted by molar-refractivity contribution is 5.70. The molecule has 0 fully saturated rings. The van der Waals surface area contributed by atoms with Crippen LogP contribution < -0.4 is 0 Å². The second-order valence-electron chi connectivity index (χ2n) is 13.0. The first-order valence-electron chi connectivity index (χ1n) is 19.5. The van der Waals surface area contributed by atoms with E-state index in [2.05, 4.69) is 50.3 Å². The van der Waals surface area contributed by atoms with Crippen LogP contribution >= 0.6 is 0 Å². The van der Waals surface area contributed by atoms with E-state index in [1.54, 1.807) is 0 Å². The van der Waals surface area contributed by atoms with E-state index in [9.17, 15) is 14.7 Å². The summed E-state index contributed by atoms with van der Waals surface area (Å²) in [5.41, 5.74) is 0. The third-order valence-corrected chi connectivity index (χ3v) is 8.44. The molecule has 1 atom stereocenters. The summed E-state index contributed by atoms with van der Waals surface area (Å²) in [7, 11) is 0. The molecule has 268 valence electrons. The number of aliphatic hydroxyl groups is 1. The smallest absolute Gasteiger partial charge is 0.306 e. The molecule has 1 N–H and O–H groups in total. The Morgan fingerprint density at radius 2 is 0.870 bits per heavy atom. The zero-order chi connectivity index (χ0) is 33.6. The summed E-state index contributed by atoms with van der Waals surface area (Å²) in [6.07, 6.45) is 44.9. The molecule has 0 radical (unpaired) electrons. The predicted octanol–water partition coefficient (Wildman–Crippen LogP) is 12.1. The molecule has 1 unspecified atom stereocenters. The molecule has 0 amide bonds. The molecule has 0 saturated carbocycles. The molecule has 0 aromatic rings. The summed E-state index contributed by atoms with van der Waals surface area (Å²) in [4.78, 5) is 24.2. The van der Waals surface area contributed by atoms with Crippen molar-refractivity contribution in [3.8, 4) is 0 Å². The van der Waals surface area contributed by atoms with E-state index >= 15 is 0 Å². The molecule has 0 spiro atoms. The van der Waals surface area contributed by atoms with Crippen LogP contribution in [0.4, 0.5) is 0 Å². The second kappa shape index (κ2) is 37.6. The van der Waals surface area contributed by atoms with Crippen LogP contribution in [-0.4, -0.2) is 36.4 Å². The highest BCUT2D eigenvalue weighted by atomic mass is 16.6. The molecule has 5 nitrogen and oxygen atoms in total. The maximum atomic E-state index is 12.2. The Morgan fingerprint density at radius 3 is 1.35 bits per heavy atom. The van der Waals surface area contributed by atoms with E-state index in [-0.39, 0.29) is 25.2 Å².